The number of rotatable bonds is 1. The largest absolute Gasteiger partial charge is 0.506 e. The summed E-state index contributed by atoms with van der Waals surface area (Å²) in [6, 6.07) is 11.3. The van der Waals surface area contributed by atoms with E-state index in [2.05, 4.69) is 4.98 Å². The van der Waals surface area contributed by atoms with Gasteiger partial charge in [0.05, 0.1) is 11.7 Å². The van der Waals surface area contributed by atoms with Crippen molar-refractivity contribution in [3.8, 4) is 17.1 Å². The summed E-state index contributed by atoms with van der Waals surface area (Å²) in [6.07, 6.45) is 1.62. The third kappa shape index (κ3) is 1.64. The molecule has 0 aliphatic rings. The lowest BCUT2D eigenvalue weighted by atomic mass is 10.1. The summed E-state index contributed by atoms with van der Waals surface area (Å²) in [5, 5.41) is 10.0. The molecule has 90 valence electrons. The monoisotopic (exact) mass is 258 g/mol. The van der Waals surface area contributed by atoms with Crippen molar-refractivity contribution >= 4 is 17.1 Å². The molecule has 18 heavy (non-hydrogen) atoms. The van der Waals surface area contributed by atoms with E-state index in [1.54, 1.807) is 22.7 Å². The van der Waals surface area contributed by atoms with E-state index in [0.717, 1.165) is 22.5 Å². The van der Waals surface area contributed by atoms with Gasteiger partial charge in [-0.15, -0.1) is 0 Å². The van der Waals surface area contributed by atoms with Crippen LogP contribution in [0, 0.1) is 6.92 Å². The van der Waals surface area contributed by atoms with Gasteiger partial charge in [-0.05, 0) is 24.6 Å². The molecule has 2 aromatic heterocycles. The van der Waals surface area contributed by atoms with Crippen LogP contribution in [0.15, 0.2) is 42.6 Å². The van der Waals surface area contributed by atoms with Crippen molar-refractivity contribution in [2.24, 2.45) is 0 Å². The lowest BCUT2D eigenvalue weighted by molar-refractivity contribution is 0.472. The molecular weight excluding hydrogens is 248 g/mol. The van der Waals surface area contributed by atoms with Crippen molar-refractivity contribution in [2.45, 2.75) is 6.92 Å². The van der Waals surface area contributed by atoms with Crippen molar-refractivity contribution in [3.05, 3.63) is 53.3 Å². The van der Waals surface area contributed by atoms with Crippen LogP contribution < -0.4 is 0 Å². The molecule has 1 N–H and O–H groups in total. The predicted octanol–water partition coefficient (Wildman–Crippen LogP) is 3.67. The normalized spacial score (nSPS) is 11.0. The number of aryl methyl sites for hydroxylation is 1. The molecule has 1 aromatic carbocycles. The quantitative estimate of drug-likeness (QED) is 0.723. The van der Waals surface area contributed by atoms with Gasteiger partial charge in [-0.1, -0.05) is 35.9 Å². The summed E-state index contributed by atoms with van der Waals surface area (Å²) in [6.45, 7) is 2.02. The number of pyridine rings is 1. The van der Waals surface area contributed by atoms with Crippen molar-refractivity contribution in [2.75, 3.05) is 0 Å². The Labute approximate surface area is 109 Å². The first-order valence-electron chi connectivity index (χ1n) is 5.59. The first kappa shape index (κ1) is 11.1. The van der Waals surface area contributed by atoms with E-state index in [1.807, 2.05) is 31.2 Å². The van der Waals surface area contributed by atoms with Gasteiger partial charge in [0.2, 0.25) is 0 Å². The van der Waals surface area contributed by atoms with E-state index in [4.69, 9.17) is 11.6 Å². The van der Waals surface area contributed by atoms with E-state index in [-0.39, 0.29) is 5.75 Å². The Morgan fingerprint density at radius 2 is 1.94 bits per heavy atom. The van der Waals surface area contributed by atoms with Gasteiger partial charge in [-0.2, -0.15) is 0 Å². The number of aromatic hydroxyl groups is 1. The number of benzene rings is 1. The average Bonchev–Trinajstić information content (AvgIpc) is 2.67. The number of fused-ring (bicyclic) bond motifs is 1. The minimum absolute atomic E-state index is 0.186. The highest BCUT2D eigenvalue weighted by molar-refractivity contribution is 6.32. The van der Waals surface area contributed by atoms with Crippen LogP contribution in [0.4, 0.5) is 0 Å². The molecular formula is C14H11ClN2O. The molecule has 0 aliphatic heterocycles. The topological polar surface area (TPSA) is 37.5 Å². The third-order valence-electron chi connectivity index (χ3n) is 2.96. The van der Waals surface area contributed by atoms with Crippen molar-refractivity contribution in [1.29, 1.82) is 0 Å². The fraction of sp³-hybridized carbons (Fsp3) is 0.0714. The zero-order chi connectivity index (χ0) is 12.7. The van der Waals surface area contributed by atoms with Gasteiger partial charge in [0.1, 0.15) is 11.6 Å². The second-order valence-electron chi connectivity index (χ2n) is 4.18. The molecule has 0 bridgehead atoms. The Bertz CT molecular complexity index is 734. The number of hydrogen-bond acceptors (Lipinski definition) is 2. The summed E-state index contributed by atoms with van der Waals surface area (Å²) >= 11 is 6.12. The van der Waals surface area contributed by atoms with E-state index in [0.29, 0.717) is 5.15 Å². The van der Waals surface area contributed by atoms with Crippen LogP contribution in [-0.2, 0) is 0 Å². The molecule has 0 atom stereocenters. The van der Waals surface area contributed by atoms with Gasteiger partial charge in [0, 0.05) is 5.56 Å². The first-order valence-corrected chi connectivity index (χ1v) is 5.97. The summed E-state index contributed by atoms with van der Waals surface area (Å²) in [4.78, 5) is 4.38. The minimum Gasteiger partial charge on any atom is -0.506 e. The number of aromatic nitrogens is 2. The molecule has 2 heterocycles. The summed E-state index contributed by atoms with van der Waals surface area (Å²) in [7, 11) is 0. The van der Waals surface area contributed by atoms with Gasteiger partial charge in [0.25, 0.3) is 0 Å². The van der Waals surface area contributed by atoms with E-state index >= 15 is 0 Å². The Hall–Kier alpha value is -2.00. The molecule has 0 aliphatic carbocycles. The lowest BCUT2D eigenvalue weighted by Crippen LogP contribution is -1.91. The number of hydrogen-bond donors (Lipinski definition) is 1. The molecule has 4 heteroatoms. The van der Waals surface area contributed by atoms with E-state index in [1.165, 1.54) is 0 Å². The molecule has 0 amide bonds. The number of halogens is 1. The summed E-state index contributed by atoms with van der Waals surface area (Å²) < 4.78 is 1.81. The van der Waals surface area contributed by atoms with Crippen molar-refractivity contribution in [3.63, 3.8) is 0 Å². The Morgan fingerprint density at radius 3 is 2.72 bits per heavy atom. The van der Waals surface area contributed by atoms with Gasteiger partial charge in [-0.25, -0.2) is 4.98 Å². The SMILES string of the molecule is Cc1ccccc1-c1nc(Cl)c2ccc(O)cn12. The molecule has 0 radical (unpaired) electrons. The fourth-order valence-corrected chi connectivity index (χ4v) is 2.28. The Kier molecular flexibility index (Phi) is 2.49. The standard InChI is InChI=1S/C14H11ClN2O/c1-9-4-2-3-5-11(9)14-16-13(15)12-7-6-10(18)8-17(12)14/h2-8,18H,1H3. The van der Waals surface area contributed by atoms with Gasteiger partial charge >= 0.3 is 0 Å². The molecule has 3 rings (SSSR count). The zero-order valence-electron chi connectivity index (χ0n) is 9.76. The summed E-state index contributed by atoms with van der Waals surface area (Å²) in [5.41, 5.74) is 2.90. The van der Waals surface area contributed by atoms with Crippen molar-refractivity contribution in [1.82, 2.24) is 9.38 Å². The molecule has 0 fully saturated rings. The maximum atomic E-state index is 9.59. The lowest BCUT2D eigenvalue weighted by Gasteiger charge is -2.04. The summed E-state index contributed by atoms with van der Waals surface area (Å²) in [5.74, 6) is 0.926. The molecule has 3 nitrogen and oxygen atoms in total. The maximum Gasteiger partial charge on any atom is 0.155 e. The molecule has 0 saturated carbocycles. The fourth-order valence-electron chi connectivity index (χ4n) is 2.05. The van der Waals surface area contributed by atoms with Crippen LogP contribution >= 0.6 is 11.6 Å². The highest BCUT2D eigenvalue weighted by atomic mass is 35.5. The van der Waals surface area contributed by atoms with Crippen LogP contribution in [-0.4, -0.2) is 14.5 Å². The van der Waals surface area contributed by atoms with Crippen LogP contribution in [0.25, 0.3) is 16.9 Å². The van der Waals surface area contributed by atoms with Gasteiger partial charge in [-0.3, -0.25) is 4.40 Å². The highest BCUT2D eigenvalue weighted by Gasteiger charge is 2.12. The second kappa shape index (κ2) is 4.03. The maximum absolute atomic E-state index is 9.59. The average molecular weight is 259 g/mol. The molecule has 0 unspecified atom stereocenters. The number of nitrogens with zero attached hydrogens (tertiary/aromatic N) is 2. The Balaban J connectivity index is 2.36. The minimum atomic E-state index is 0.186. The first-order chi connectivity index (χ1) is 8.66. The van der Waals surface area contributed by atoms with Crippen LogP contribution in [0.3, 0.4) is 0 Å². The van der Waals surface area contributed by atoms with Crippen LogP contribution in [0.1, 0.15) is 5.56 Å². The van der Waals surface area contributed by atoms with Crippen molar-refractivity contribution < 1.29 is 5.11 Å². The van der Waals surface area contributed by atoms with Crippen LogP contribution in [0.5, 0.6) is 5.75 Å². The van der Waals surface area contributed by atoms with Crippen LogP contribution in [0.2, 0.25) is 5.15 Å². The molecule has 0 saturated heterocycles. The highest BCUT2D eigenvalue weighted by Crippen LogP contribution is 2.29. The van der Waals surface area contributed by atoms with Gasteiger partial charge < -0.3 is 5.11 Å². The molecule has 0 spiro atoms. The smallest absolute Gasteiger partial charge is 0.155 e. The number of imidazole rings is 1. The van der Waals surface area contributed by atoms with E-state index < -0.39 is 0 Å². The van der Waals surface area contributed by atoms with Gasteiger partial charge in [0.15, 0.2) is 5.15 Å². The zero-order valence-corrected chi connectivity index (χ0v) is 10.5. The molecule has 3 aromatic rings. The second-order valence-corrected chi connectivity index (χ2v) is 4.54. The predicted molar refractivity (Wildman–Crippen MR) is 72.0 cm³/mol. The third-order valence-corrected chi connectivity index (χ3v) is 3.24. The Morgan fingerprint density at radius 1 is 1.17 bits per heavy atom. The van der Waals surface area contributed by atoms with E-state index in [9.17, 15) is 5.11 Å².